The molecule has 0 aliphatic carbocycles. The van der Waals surface area contributed by atoms with Gasteiger partial charge in [-0.3, -0.25) is 0 Å². The van der Waals surface area contributed by atoms with Crippen LogP contribution in [-0.2, 0) is 9.47 Å². The van der Waals surface area contributed by atoms with Gasteiger partial charge in [0.2, 0.25) is 5.79 Å². The summed E-state index contributed by atoms with van der Waals surface area (Å²) >= 11 is 0. The Bertz CT molecular complexity index is 267. The van der Waals surface area contributed by atoms with Crippen LogP contribution in [0.2, 0.25) is 0 Å². The molecular weight excluding hydrogens is 168 g/mol. The van der Waals surface area contributed by atoms with E-state index in [0.717, 1.165) is 5.75 Å². The molecule has 1 aromatic rings. The molecule has 0 N–H and O–H groups in total. The first-order chi connectivity index (χ1) is 6.35. The van der Waals surface area contributed by atoms with E-state index < -0.39 is 5.79 Å². The number of methoxy groups -OCH3 is 1. The van der Waals surface area contributed by atoms with Crippen LogP contribution in [0.3, 0.4) is 0 Å². The molecule has 1 atom stereocenters. The van der Waals surface area contributed by atoms with Gasteiger partial charge in [-0.05, 0) is 12.1 Å². The van der Waals surface area contributed by atoms with Gasteiger partial charge in [0, 0.05) is 7.11 Å². The average molecular weight is 180 g/mol. The zero-order valence-corrected chi connectivity index (χ0v) is 7.53. The highest BCUT2D eigenvalue weighted by atomic mass is 16.8. The maximum absolute atomic E-state index is 5.47. The van der Waals surface area contributed by atoms with Crippen molar-refractivity contribution in [1.29, 1.82) is 0 Å². The molecule has 0 amide bonds. The van der Waals surface area contributed by atoms with E-state index in [2.05, 4.69) is 0 Å². The molecule has 70 valence electrons. The minimum absolute atomic E-state index is 0.452. The van der Waals surface area contributed by atoms with Crippen molar-refractivity contribution in [2.24, 2.45) is 0 Å². The normalized spacial score (nSPS) is 25.6. The van der Waals surface area contributed by atoms with Crippen molar-refractivity contribution in [3.8, 4) is 5.75 Å². The van der Waals surface area contributed by atoms with E-state index in [0.29, 0.717) is 13.2 Å². The van der Waals surface area contributed by atoms with Crippen molar-refractivity contribution in [3.05, 3.63) is 30.3 Å². The minimum Gasteiger partial charge on any atom is -0.488 e. The Morgan fingerprint density at radius 1 is 1.38 bits per heavy atom. The predicted molar refractivity (Wildman–Crippen MR) is 47.6 cm³/mol. The third-order valence-corrected chi connectivity index (χ3v) is 2.04. The Hall–Kier alpha value is -1.06. The van der Waals surface area contributed by atoms with Gasteiger partial charge in [-0.15, -0.1) is 0 Å². The number of ether oxygens (including phenoxy) is 3. The van der Waals surface area contributed by atoms with E-state index in [9.17, 15) is 0 Å². The fourth-order valence-electron chi connectivity index (χ4n) is 1.05. The molecule has 0 bridgehead atoms. The van der Waals surface area contributed by atoms with Crippen LogP contribution in [0.25, 0.3) is 0 Å². The number of hydrogen-bond acceptors (Lipinski definition) is 3. The van der Waals surface area contributed by atoms with Gasteiger partial charge in [-0.1, -0.05) is 18.2 Å². The monoisotopic (exact) mass is 180 g/mol. The SMILES string of the molecule is COC1(COc2ccccc2)CO1. The first-order valence-corrected chi connectivity index (χ1v) is 4.22. The molecule has 3 nitrogen and oxygen atoms in total. The first-order valence-electron chi connectivity index (χ1n) is 4.22. The number of rotatable bonds is 4. The quantitative estimate of drug-likeness (QED) is 0.657. The third kappa shape index (κ3) is 1.99. The van der Waals surface area contributed by atoms with Crippen LogP contribution in [0.15, 0.2) is 30.3 Å². The average Bonchev–Trinajstić information content (AvgIpc) is 2.97. The largest absolute Gasteiger partial charge is 0.488 e. The summed E-state index contributed by atoms with van der Waals surface area (Å²) in [4.78, 5) is 0. The van der Waals surface area contributed by atoms with Crippen molar-refractivity contribution >= 4 is 0 Å². The number of para-hydroxylation sites is 1. The summed E-state index contributed by atoms with van der Waals surface area (Å²) in [5.74, 6) is 0.366. The maximum Gasteiger partial charge on any atom is 0.227 e. The van der Waals surface area contributed by atoms with Crippen molar-refractivity contribution in [1.82, 2.24) is 0 Å². The lowest BCUT2D eigenvalue weighted by Crippen LogP contribution is -2.23. The molecule has 1 aromatic carbocycles. The van der Waals surface area contributed by atoms with Gasteiger partial charge in [0.1, 0.15) is 19.0 Å². The molecule has 1 aliphatic rings. The van der Waals surface area contributed by atoms with Gasteiger partial charge in [0.15, 0.2) is 0 Å². The van der Waals surface area contributed by atoms with Gasteiger partial charge in [-0.25, -0.2) is 0 Å². The number of epoxide rings is 1. The summed E-state index contributed by atoms with van der Waals surface area (Å²) in [5, 5.41) is 0. The Labute approximate surface area is 77.2 Å². The molecule has 0 saturated carbocycles. The van der Waals surface area contributed by atoms with Crippen molar-refractivity contribution < 1.29 is 14.2 Å². The molecule has 1 saturated heterocycles. The molecule has 0 spiro atoms. The summed E-state index contributed by atoms with van der Waals surface area (Å²) in [7, 11) is 1.63. The molecule has 0 radical (unpaired) electrons. The fraction of sp³-hybridized carbons (Fsp3) is 0.400. The van der Waals surface area contributed by atoms with Crippen molar-refractivity contribution in [2.45, 2.75) is 5.79 Å². The van der Waals surface area contributed by atoms with E-state index in [1.165, 1.54) is 0 Å². The minimum atomic E-state index is -0.476. The van der Waals surface area contributed by atoms with E-state index in [-0.39, 0.29) is 0 Å². The summed E-state index contributed by atoms with van der Waals surface area (Å²) < 4.78 is 15.7. The third-order valence-electron chi connectivity index (χ3n) is 2.04. The van der Waals surface area contributed by atoms with Gasteiger partial charge < -0.3 is 14.2 Å². The summed E-state index contributed by atoms with van der Waals surface area (Å²) in [6.07, 6.45) is 0. The lowest BCUT2D eigenvalue weighted by molar-refractivity contribution is -0.0411. The van der Waals surface area contributed by atoms with Gasteiger partial charge in [0.25, 0.3) is 0 Å². The van der Waals surface area contributed by atoms with Crippen molar-refractivity contribution in [3.63, 3.8) is 0 Å². The standard InChI is InChI=1S/C10H12O3/c1-11-10(8-13-10)7-12-9-5-3-2-4-6-9/h2-6H,7-8H2,1H3. The predicted octanol–water partition coefficient (Wildman–Crippen LogP) is 1.44. The molecule has 2 rings (SSSR count). The molecule has 1 fully saturated rings. The molecular formula is C10H12O3. The summed E-state index contributed by atoms with van der Waals surface area (Å²) in [6.45, 7) is 1.07. The summed E-state index contributed by atoms with van der Waals surface area (Å²) in [6, 6.07) is 9.63. The first kappa shape index (κ1) is 8.53. The van der Waals surface area contributed by atoms with Crippen LogP contribution >= 0.6 is 0 Å². The number of hydrogen-bond donors (Lipinski definition) is 0. The molecule has 0 aromatic heterocycles. The van der Waals surface area contributed by atoms with Crippen LogP contribution in [0.5, 0.6) is 5.75 Å². The lowest BCUT2D eigenvalue weighted by atomic mass is 10.3. The van der Waals surface area contributed by atoms with E-state index in [1.807, 2.05) is 30.3 Å². The van der Waals surface area contributed by atoms with Crippen LogP contribution in [0.1, 0.15) is 0 Å². The van der Waals surface area contributed by atoms with Crippen LogP contribution in [0, 0.1) is 0 Å². The second kappa shape index (κ2) is 3.36. The zero-order chi connectivity index (χ0) is 9.15. The van der Waals surface area contributed by atoms with E-state index in [4.69, 9.17) is 14.2 Å². The summed E-state index contributed by atoms with van der Waals surface area (Å²) in [5.41, 5.74) is 0. The zero-order valence-electron chi connectivity index (χ0n) is 7.53. The van der Waals surface area contributed by atoms with Crippen LogP contribution in [-0.4, -0.2) is 26.1 Å². The topological polar surface area (TPSA) is 31.0 Å². The Kier molecular flexibility index (Phi) is 2.20. The number of benzene rings is 1. The Morgan fingerprint density at radius 2 is 2.08 bits per heavy atom. The van der Waals surface area contributed by atoms with E-state index in [1.54, 1.807) is 7.11 Å². The smallest absolute Gasteiger partial charge is 0.227 e. The highest BCUT2D eigenvalue weighted by molar-refractivity contribution is 5.21. The molecule has 3 heteroatoms. The molecule has 1 aliphatic heterocycles. The molecule has 1 unspecified atom stereocenters. The van der Waals surface area contributed by atoms with Crippen LogP contribution < -0.4 is 4.74 Å². The van der Waals surface area contributed by atoms with E-state index >= 15 is 0 Å². The van der Waals surface area contributed by atoms with Gasteiger partial charge in [0.05, 0.1) is 0 Å². The highest BCUT2D eigenvalue weighted by Gasteiger charge is 2.46. The Balaban J connectivity index is 1.86. The fourth-order valence-corrected chi connectivity index (χ4v) is 1.05. The van der Waals surface area contributed by atoms with Crippen LogP contribution in [0.4, 0.5) is 0 Å². The second-order valence-electron chi connectivity index (χ2n) is 3.01. The molecule has 1 heterocycles. The lowest BCUT2D eigenvalue weighted by Gasteiger charge is -2.10. The van der Waals surface area contributed by atoms with Crippen molar-refractivity contribution in [2.75, 3.05) is 20.3 Å². The van der Waals surface area contributed by atoms with Gasteiger partial charge in [-0.2, -0.15) is 0 Å². The molecule has 13 heavy (non-hydrogen) atoms. The second-order valence-corrected chi connectivity index (χ2v) is 3.01. The Morgan fingerprint density at radius 3 is 2.62 bits per heavy atom. The highest BCUT2D eigenvalue weighted by Crippen LogP contribution is 2.28. The van der Waals surface area contributed by atoms with Gasteiger partial charge >= 0.3 is 0 Å². The maximum atomic E-state index is 5.47.